The van der Waals surface area contributed by atoms with Crippen molar-refractivity contribution in [2.24, 2.45) is 5.73 Å². The Morgan fingerprint density at radius 1 is 1.91 bits per heavy atom. The molecule has 11 heavy (non-hydrogen) atoms. The zero-order valence-corrected chi connectivity index (χ0v) is 7.17. The van der Waals surface area contributed by atoms with Crippen molar-refractivity contribution in [3.63, 3.8) is 0 Å². The fourth-order valence-electron chi connectivity index (χ4n) is 0.621. The summed E-state index contributed by atoms with van der Waals surface area (Å²) in [5.41, 5.74) is 4.87. The van der Waals surface area contributed by atoms with E-state index < -0.39 is 5.72 Å². The Hall–Kier alpha value is -0.605. The molecule has 62 valence electrons. The van der Waals surface area contributed by atoms with Crippen LogP contribution >= 0.6 is 0 Å². The van der Waals surface area contributed by atoms with Gasteiger partial charge in [-0.25, -0.2) is 0 Å². The van der Waals surface area contributed by atoms with Gasteiger partial charge in [0, 0.05) is 0 Å². The van der Waals surface area contributed by atoms with E-state index in [2.05, 4.69) is 14.1 Å². The summed E-state index contributed by atoms with van der Waals surface area (Å²) in [7, 11) is 5.28. The molecule has 0 aromatic heterocycles. The molecule has 0 bridgehead atoms. The van der Waals surface area contributed by atoms with E-state index in [1.807, 2.05) is 0 Å². The van der Waals surface area contributed by atoms with Crippen LogP contribution in [0.2, 0.25) is 0 Å². The van der Waals surface area contributed by atoms with Gasteiger partial charge in [-0.2, -0.15) is 0 Å². The number of nitrogens with two attached hydrogens (primary N) is 1. The van der Waals surface area contributed by atoms with Crippen molar-refractivity contribution >= 4 is 13.1 Å². The molecule has 0 radical (unpaired) electrons. The second-order valence-electron chi connectivity index (χ2n) is 2.81. The Morgan fingerprint density at radius 2 is 2.36 bits per heavy atom. The predicted octanol–water partition coefficient (Wildman–Crippen LogP) is -1.20. The van der Waals surface area contributed by atoms with E-state index in [-0.39, 0.29) is 0 Å². The molecule has 0 aliphatic carbocycles. The van der Waals surface area contributed by atoms with Gasteiger partial charge in [0.05, 0.1) is 0 Å². The second-order valence-corrected chi connectivity index (χ2v) is 2.81. The van der Waals surface area contributed by atoms with Gasteiger partial charge in [-0.1, -0.05) is 0 Å². The number of nitrogens with zero attached hydrogens (tertiary/aromatic N) is 1. The van der Waals surface area contributed by atoms with Crippen LogP contribution in [0.1, 0.15) is 6.92 Å². The molecule has 3 N–H and O–H groups in total. The van der Waals surface area contributed by atoms with Gasteiger partial charge in [0.2, 0.25) is 0 Å². The van der Waals surface area contributed by atoms with Gasteiger partial charge in [0.15, 0.2) is 0 Å². The molecule has 1 atom stereocenters. The Morgan fingerprint density at radius 3 is 2.64 bits per heavy atom. The first-order valence-corrected chi connectivity index (χ1v) is 3.40. The Labute approximate surface area is 68.6 Å². The quantitative estimate of drug-likeness (QED) is 0.304. The number of hydrogen-bond acceptors (Lipinski definition) is 3. The molecular weight excluding hydrogens is 139 g/mol. The molecule has 0 heterocycles. The molecule has 0 aliphatic rings. The van der Waals surface area contributed by atoms with E-state index >= 15 is 0 Å². The summed E-state index contributed by atoms with van der Waals surface area (Å²) in [6, 6.07) is 0. The molecular formula is C7H15BN2O. The van der Waals surface area contributed by atoms with Crippen LogP contribution in [-0.4, -0.2) is 42.4 Å². The predicted molar refractivity (Wildman–Crippen MR) is 49.8 cm³/mol. The molecule has 0 saturated carbocycles. The standard InChI is InChI=1S/C7H15BN2O/c1-4-7(2,11)10(3)5-6(8)9/h4,8,11H,1,5,9H2,2-3H3. The summed E-state index contributed by atoms with van der Waals surface area (Å²) in [5, 5.41) is 9.55. The maximum absolute atomic E-state index is 9.55. The first-order valence-electron chi connectivity index (χ1n) is 3.40. The topological polar surface area (TPSA) is 49.5 Å². The Kier molecular flexibility index (Phi) is 3.49. The van der Waals surface area contributed by atoms with E-state index in [4.69, 9.17) is 5.73 Å². The van der Waals surface area contributed by atoms with Crippen molar-refractivity contribution in [1.82, 2.24) is 4.90 Å². The molecule has 0 aromatic carbocycles. The average molecular weight is 154 g/mol. The first-order chi connectivity index (χ1) is 4.90. The van der Waals surface area contributed by atoms with Crippen molar-refractivity contribution in [3.8, 4) is 0 Å². The number of likely N-dealkylation sites (N-methyl/N-ethyl adjacent to an activating group) is 1. The van der Waals surface area contributed by atoms with Gasteiger partial charge < -0.3 is 0 Å². The van der Waals surface area contributed by atoms with Gasteiger partial charge in [-0.3, -0.25) is 0 Å². The minimum atomic E-state index is -1.01. The van der Waals surface area contributed by atoms with E-state index in [0.29, 0.717) is 12.1 Å². The van der Waals surface area contributed by atoms with Crippen LogP contribution in [0.5, 0.6) is 0 Å². The van der Waals surface area contributed by atoms with Crippen molar-refractivity contribution in [2.75, 3.05) is 13.6 Å². The van der Waals surface area contributed by atoms with Gasteiger partial charge in [0.25, 0.3) is 0 Å². The van der Waals surface area contributed by atoms with Gasteiger partial charge >= 0.3 is 67.7 Å². The molecule has 4 heteroatoms. The molecule has 1 unspecified atom stereocenters. The summed E-state index contributed by atoms with van der Waals surface area (Å²) < 4.78 is 0. The van der Waals surface area contributed by atoms with E-state index in [9.17, 15) is 5.11 Å². The first kappa shape index (κ1) is 10.4. The third-order valence-corrected chi connectivity index (χ3v) is 1.60. The van der Waals surface area contributed by atoms with Gasteiger partial charge in [0.1, 0.15) is 0 Å². The van der Waals surface area contributed by atoms with Crippen molar-refractivity contribution < 1.29 is 5.11 Å². The van der Waals surface area contributed by atoms with Crippen LogP contribution < -0.4 is 5.73 Å². The van der Waals surface area contributed by atoms with Gasteiger partial charge in [-0.15, -0.1) is 0 Å². The van der Waals surface area contributed by atoms with Crippen LogP contribution in [0.4, 0.5) is 0 Å². The normalized spacial score (nSPS) is 15.9. The molecule has 0 rings (SSSR count). The van der Waals surface area contributed by atoms with E-state index in [1.54, 1.807) is 18.9 Å². The molecule has 0 aromatic rings. The summed E-state index contributed by atoms with van der Waals surface area (Å²) in [6.07, 6.45) is 1.45. The molecule has 0 amide bonds. The molecule has 0 spiro atoms. The van der Waals surface area contributed by atoms with Crippen LogP contribution in [0.25, 0.3) is 0 Å². The Bertz CT molecular complexity index is 168. The zero-order chi connectivity index (χ0) is 9.07. The third-order valence-electron chi connectivity index (χ3n) is 1.60. The van der Waals surface area contributed by atoms with E-state index in [0.717, 1.165) is 0 Å². The average Bonchev–Trinajstić information content (AvgIpc) is 1.86. The van der Waals surface area contributed by atoms with Crippen LogP contribution in [0.15, 0.2) is 12.7 Å². The van der Waals surface area contributed by atoms with Crippen molar-refractivity contribution in [2.45, 2.75) is 12.6 Å². The summed E-state index contributed by atoms with van der Waals surface area (Å²) in [5.74, 6) is 0. The monoisotopic (exact) mass is 154 g/mol. The summed E-state index contributed by atoms with van der Waals surface area (Å²) in [4.78, 5) is 1.66. The summed E-state index contributed by atoms with van der Waals surface area (Å²) in [6.45, 7) is 5.60. The van der Waals surface area contributed by atoms with Crippen LogP contribution in [0, 0.1) is 0 Å². The van der Waals surface area contributed by atoms with Crippen molar-refractivity contribution in [1.29, 1.82) is 0 Å². The van der Waals surface area contributed by atoms with E-state index in [1.165, 1.54) is 6.08 Å². The molecule has 0 fully saturated rings. The van der Waals surface area contributed by atoms with Crippen LogP contribution in [-0.2, 0) is 0 Å². The fourth-order valence-corrected chi connectivity index (χ4v) is 0.621. The fraction of sp³-hybridized carbons (Fsp3) is 0.571. The van der Waals surface area contributed by atoms with Crippen molar-refractivity contribution in [3.05, 3.63) is 12.7 Å². The Balaban J connectivity index is 4.11. The number of aliphatic hydroxyl groups is 1. The minimum absolute atomic E-state index is 0.457. The summed E-state index contributed by atoms with van der Waals surface area (Å²) >= 11 is 0. The van der Waals surface area contributed by atoms with Crippen LogP contribution in [0.3, 0.4) is 0 Å². The SMILES string of the molecule is B=C(N)CN(C)C(C)(O)C=C. The second kappa shape index (κ2) is 3.69. The third kappa shape index (κ3) is 3.34. The molecule has 3 nitrogen and oxygen atoms in total. The molecule has 0 aliphatic heterocycles. The zero-order valence-electron chi connectivity index (χ0n) is 7.17. The maximum atomic E-state index is 9.55. The molecule has 0 saturated heterocycles. The van der Waals surface area contributed by atoms with Gasteiger partial charge in [-0.05, 0) is 0 Å². The number of hydrogen-bond donors (Lipinski definition) is 2. The number of rotatable bonds is 4.